The SMILES string of the molecule is C=C(C)CC(O)c1cc(C)c(F)cc1F. The zero-order valence-corrected chi connectivity index (χ0v) is 8.85. The molecular weight excluding hydrogens is 198 g/mol. The third-order valence-corrected chi connectivity index (χ3v) is 2.18. The third-order valence-electron chi connectivity index (χ3n) is 2.18. The highest BCUT2D eigenvalue weighted by Crippen LogP contribution is 2.24. The first-order valence-electron chi connectivity index (χ1n) is 4.69. The van der Waals surface area contributed by atoms with Crippen molar-refractivity contribution in [1.29, 1.82) is 0 Å². The second-order valence-electron chi connectivity index (χ2n) is 3.80. The van der Waals surface area contributed by atoms with E-state index in [2.05, 4.69) is 6.58 Å². The van der Waals surface area contributed by atoms with Crippen LogP contribution in [0.3, 0.4) is 0 Å². The maximum absolute atomic E-state index is 13.3. The van der Waals surface area contributed by atoms with Crippen LogP contribution in [0.1, 0.15) is 30.6 Å². The summed E-state index contributed by atoms with van der Waals surface area (Å²) < 4.78 is 26.2. The van der Waals surface area contributed by atoms with Crippen molar-refractivity contribution in [2.75, 3.05) is 0 Å². The maximum atomic E-state index is 13.3. The van der Waals surface area contributed by atoms with Crippen LogP contribution in [-0.2, 0) is 0 Å². The van der Waals surface area contributed by atoms with E-state index in [9.17, 15) is 13.9 Å². The van der Waals surface area contributed by atoms with Crippen molar-refractivity contribution in [3.63, 3.8) is 0 Å². The largest absolute Gasteiger partial charge is 0.388 e. The topological polar surface area (TPSA) is 20.2 Å². The molecule has 82 valence electrons. The molecule has 0 aromatic heterocycles. The lowest BCUT2D eigenvalue weighted by Crippen LogP contribution is -2.03. The van der Waals surface area contributed by atoms with Crippen molar-refractivity contribution < 1.29 is 13.9 Å². The molecule has 1 atom stereocenters. The quantitative estimate of drug-likeness (QED) is 0.762. The van der Waals surface area contributed by atoms with Crippen LogP contribution in [0.25, 0.3) is 0 Å². The van der Waals surface area contributed by atoms with Gasteiger partial charge in [0.25, 0.3) is 0 Å². The molecule has 0 spiro atoms. The van der Waals surface area contributed by atoms with Crippen molar-refractivity contribution in [3.8, 4) is 0 Å². The Kier molecular flexibility index (Phi) is 3.58. The summed E-state index contributed by atoms with van der Waals surface area (Å²) in [6, 6.07) is 2.13. The van der Waals surface area contributed by atoms with Crippen LogP contribution in [0.2, 0.25) is 0 Å². The monoisotopic (exact) mass is 212 g/mol. The van der Waals surface area contributed by atoms with E-state index in [0.29, 0.717) is 5.56 Å². The fourth-order valence-electron chi connectivity index (χ4n) is 1.37. The minimum absolute atomic E-state index is 0.122. The molecule has 0 saturated carbocycles. The van der Waals surface area contributed by atoms with E-state index in [-0.39, 0.29) is 12.0 Å². The molecule has 0 bridgehead atoms. The molecule has 1 unspecified atom stereocenters. The Morgan fingerprint density at radius 3 is 2.53 bits per heavy atom. The first-order valence-corrected chi connectivity index (χ1v) is 4.69. The number of hydrogen-bond donors (Lipinski definition) is 1. The smallest absolute Gasteiger partial charge is 0.131 e. The van der Waals surface area contributed by atoms with E-state index >= 15 is 0 Å². The number of hydrogen-bond acceptors (Lipinski definition) is 1. The Bertz CT molecular complexity index is 385. The highest BCUT2D eigenvalue weighted by molar-refractivity contribution is 5.28. The number of aliphatic hydroxyl groups excluding tert-OH is 1. The summed E-state index contributed by atoms with van der Waals surface area (Å²) in [7, 11) is 0. The van der Waals surface area contributed by atoms with Crippen molar-refractivity contribution in [3.05, 3.63) is 47.0 Å². The van der Waals surface area contributed by atoms with Gasteiger partial charge in [0, 0.05) is 11.6 Å². The lowest BCUT2D eigenvalue weighted by Gasteiger charge is -2.12. The van der Waals surface area contributed by atoms with E-state index in [1.165, 1.54) is 13.0 Å². The Morgan fingerprint density at radius 1 is 1.40 bits per heavy atom. The molecule has 3 heteroatoms. The standard InChI is InChI=1S/C12H14F2O/c1-7(2)4-12(15)9-5-8(3)10(13)6-11(9)14/h5-6,12,15H,1,4H2,2-3H3. The van der Waals surface area contributed by atoms with Gasteiger partial charge in [-0.1, -0.05) is 5.57 Å². The minimum Gasteiger partial charge on any atom is -0.388 e. The molecule has 0 heterocycles. The Balaban J connectivity index is 3.03. The third kappa shape index (κ3) is 2.86. The summed E-state index contributed by atoms with van der Waals surface area (Å²) in [6.07, 6.45) is -0.677. The van der Waals surface area contributed by atoms with Gasteiger partial charge in [0.15, 0.2) is 0 Å². The number of halogens is 2. The normalized spacial score (nSPS) is 12.6. The molecule has 15 heavy (non-hydrogen) atoms. The van der Waals surface area contributed by atoms with E-state index in [0.717, 1.165) is 11.6 Å². The second-order valence-corrected chi connectivity index (χ2v) is 3.80. The highest BCUT2D eigenvalue weighted by atomic mass is 19.1. The van der Waals surface area contributed by atoms with Crippen molar-refractivity contribution in [2.24, 2.45) is 0 Å². The fraction of sp³-hybridized carbons (Fsp3) is 0.333. The van der Waals surface area contributed by atoms with Crippen LogP contribution >= 0.6 is 0 Å². The molecule has 1 aromatic carbocycles. The summed E-state index contributed by atoms with van der Waals surface area (Å²) in [6.45, 7) is 6.91. The van der Waals surface area contributed by atoms with Gasteiger partial charge in [-0.3, -0.25) is 0 Å². The lowest BCUT2D eigenvalue weighted by atomic mass is 10.0. The molecular formula is C12H14F2O. The van der Waals surface area contributed by atoms with Gasteiger partial charge in [-0.15, -0.1) is 6.58 Å². The predicted molar refractivity (Wildman–Crippen MR) is 55.5 cm³/mol. The van der Waals surface area contributed by atoms with Gasteiger partial charge in [-0.05, 0) is 31.9 Å². The minimum atomic E-state index is -0.957. The number of aliphatic hydroxyl groups is 1. The molecule has 0 aliphatic rings. The van der Waals surface area contributed by atoms with E-state index in [1.807, 2.05) is 0 Å². The van der Waals surface area contributed by atoms with Crippen molar-refractivity contribution >= 4 is 0 Å². The van der Waals surface area contributed by atoms with Crippen LogP contribution in [0.15, 0.2) is 24.3 Å². The predicted octanol–water partition coefficient (Wildman–Crippen LogP) is 3.27. The maximum Gasteiger partial charge on any atom is 0.131 e. The first-order chi connectivity index (χ1) is 6.91. The van der Waals surface area contributed by atoms with E-state index in [4.69, 9.17) is 0 Å². The Hall–Kier alpha value is -1.22. The number of benzene rings is 1. The van der Waals surface area contributed by atoms with Gasteiger partial charge in [-0.2, -0.15) is 0 Å². The second kappa shape index (κ2) is 4.53. The molecule has 1 nitrogen and oxygen atoms in total. The average molecular weight is 212 g/mol. The number of aryl methyl sites for hydroxylation is 1. The molecule has 1 rings (SSSR count). The van der Waals surface area contributed by atoms with Crippen LogP contribution in [0.5, 0.6) is 0 Å². The summed E-state index contributed by atoms with van der Waals surface area (Å²) in [4.78, 5) is 0. The van der Waals surface area contributed by atoms with Gasteiger partial charge in [-0.25, -0.2) is 8.78 Å². The van der Waals surface area contributed by atoms with Crippen LogP contribution in [-0.4, -0.2) is 5.11 Å². The Morgan fingerprint density at radius 2 is 2.00 bits per heavy atom. The Labute approximate surface area is 88.1 Å². The summed E-state index contributed by atoms with van der Waals surface area (Å²) in [5.41, 5.74) is 1.20. The highest BCUT2D eigenvalue weighted by Gasteiger charge is 2.15. The summed E-state index contributed by atoms with van der Waals surface area (Å²) >= 11 is 0. The summed E-state index contributed by atoms with van der Waals surface area (Å²) in [5, 5.41) is 9.66. The molecule has 0 saturated heterocycles. The molecule has 1 aromatic rings. The van der Waals surface area contributed by atoms with Crippen molar-refractivity contribution in [1.82, 2.24) is 0 Å². The van der Waals surface area contributed by atoms with Gasteiger partial charge >= 0.3 is 0 Å². The van der Waals surface area contributed by atoms with Gasteiger partial charge < -0.3 is 5.11 Å². The molecule has 0 radical (unpaired) electrons. The molecule has 0 amide bonds. The lowest BCUT2D eigenvalue weighted by molar-refractivity contribution is 0.173. The number of rotatable bonds is 3. The first kappa shape index (κ1) is 11.9. The molecule has 0 aliphatic carbocycles. The van der Waals surface area contributed by atoms with Gasteiger partial charge in [0.05, 0.1) is 6.10 Å². The van der Waals surface area contributed by atoms with Gasteiger partial charge in [0.2, 0.25) is 0 Å². The van der Waals surface area contributed by atoms with Crippen LogP contribution in [0, 0.1) is 18.6 Å². The average Bonchev–Trinajstić information content (AvgIpc) is 2.09. The molecule has 1 N–H and O–H groups in total. The van der Waals surface area contributed by atoms with Gasteiger partial charge in [0.1, 0.15) is 11.6 Å². The zero-order chi connectivity index (χ0) is 11.6. The fourth-order valence-corrected chi connectivity index (χ4v) is 1.37. The van der Waals surface area contributed by atoms with E-state index in [1.54, 1.807) is 6.92 Å². The van der Waals surface area contributed by atoms with Crippen molar-refractivity contribution in [2.45, 2.75) is 26.4 Å². The molecule has 0 aliphatic heterocycles. The summed E-state index contributed by atoms with van der Waals surface area (Å²) in [5.74, 6) is -1.31. The van der Waals surface area contributed by atoms with E-state index < -0.39 is 17.7 Å². The van der Waals surface area contributed by atoms with Crippen LogP contribution in [0.4, 0.5) is 8.78 Å². The van der Waals surface area contributed by atoms with Crippen LogP contribution < -0.4 is 0 Å². The molecule has 0 fully saturated rings. The zero-order valence-electron chi connectivity index (χ0n) is 8.85.